The van der Waals surface area contributed by atoms with E-state index in [1.54, 1.807) is 12.1 Å². The van der Waals surface area contributed by atoms with Crippen LogP contribution < -0.4 is 5.73 Å². The Morgan fingerprint density at radius 2 is 2.25 bits per heavy atom. The largest absolute Gasteiger partial charge is 0.464 e. The first-order valence-corrected chi connectivity index (χ1v) is 4.97. The lowest BCUT2D eigenvalue weighted by Crippen LogP contribution is -2.22. The number of ether oxygens (including phenoxy) is 1. The van der Waals surface area contributed by atoms with Gasteiger partial charge in [0.15, 0.2) is 0 Å². The second-order valence-corrected chi connectivity index (χ2v) is 3.38. The first-order chi connectivity index (χ1) is 7.17. The van der Waals surface area contributed by atoms with Crippen LogP contribution in [-0.4, -0.2) is 24.1 Å². The van der Waals surface area contributed by atoms with E-state index in [-0.39, 0.29) is 18.4 Å². The Bertz CT molecular complexity index is 345. The number of hydrogen-bond acceptors (Lipinski definition) is 4. The lowest BCUT2D eigenvalue weighted by Gasteiger charge is -2.08. The zero-order chi connectivity index (χ0) is 11.3. The Kier molecular flexibility index (Phi) is 6.69. The highest BCUT2D eigenvalue weighted by Gasteiger charge is 2.08. The Morgan fingerprint density at radius 3 is 2.81 bits per heavy atom. The van der Waals surface area contributed by atoms with Gasteiger partial charge in [-0.2, -0.15) is 0 Å². The molecule has 0 radical (unpaired) electrons. The summed E-state index contributed by atoms with van der Waals surface area (Å²) in [5.41, 5.74) is 6.97. The molecule has 0 aliphatic carbocycles. The van der Waals surface area contributed by atoms with Crippen LogP contribution in [0, 0.1) is 0 Å². The van der Waals surface area contributed by atoms with Crippen LogP contribution in [0.2, 0.25) is 0 Å². The van der Waals surface area contributed by atoms with Gasteiger partial charge in [-0.15, -0.1) is 12.4 Å². The van der Waals surface area contributed by atoms with E-state index in [0.29, 0.717) is 12.1 Å². The van der Waals surface area contributed by atoms with Crippen molar-refractivity contribution in [1.82, 2.24) is 4.98 Å². The number of pyridine rings is 1. The molecule has 0 bridgehead atoms. The number of hydrogen-bond donors (Lipinski definition) is 1. The van der Waals surface area contributed by atoms with Gasteiger partial charge in [-0.05, 0) is 18.6 Å². The Balaban J connectivity index is 0.00000225. The van der Waals surface area contributed by atoms with Gasteiger partial charge >= 0.3 is 5.97 Å². The summed E-state index contributed by atoms with van der Waals surface area (Å²) in [5.74, 6) is -0.415. The second kappa shape index (κ2) is 7.19. The van der Waals surface area contributed by atoms with Crippen molar-refractivity contribution in [2.24, 2.45) is 5.73 Å². The highest BCUT2D eigenvalue weighted by Crippen LogP contribution is 2.04. The first-order valence-electron chi connectivity index (χ1n) is 4.97. The summed E-state index contributed by atoms with van der Waals surface area (Å²) in [4.78, 5) is 15.4. The number of nitrogens with zero attached hydrogens (tertiary/aromatic N) is 1. The van der Waals surface area contributed by atoms with Crippen LogP contribution in [0.25, 0.3) is 0 Å². The molecule has 1 rings (SSSR count). The van der Waals surface area contributed by atoms with Gasteiger partial charge in [0.25, 0.3) is 0 Å². The maximum atomic E-state index is 11.2. The standard InChI is InChI=1S/C11H16N2O2.ClH/c1-3-8(12)7-9-5-4-6-10(13-9)11(14)15-2;/h4-6,8H,3,7,12H2,1-2H3;1H. The van der Waals surface area contributed by atoms with Crippen molar-refractivity contribution >= 4 is 18.4 Å². The van der Waals surface area contributed by atoms with Crippen molar-refractivity contribution in [3.63, 3.8) is 0 Å². The van der Waals surface area contributed by atoms with Crippen LogP contribution in [0.3, 0.4) is 0 Å². The third-order valence-electron chi connectivity index (χ3n) is 2.20. The average molecular weight is 245 g/mol. The maximum Gasteiger partial charge on any atom is 0.356 e. The third-order valence-corrected chi connectivity index (χ3v) is 2.20. The summed E-state index contributed by atoms with van der Waals surface area (Å²) >= 11 is 0. The van der Waals surface area contributed by atoms with Crippen LogP contribution >= 0.6 is 12.4 Å². The van der Waals surface area contributed by atoms with Crippen LogP contribution in [-0.2, 0) is 11.2 Å². The molecule has 0 spiro atoms. The van der Waals surface area contributed by atoms with E-state index in [9.17, 15) is 4.79 Å². The smallest absolute Gasteiger partial charge is 0.356 e. The summed E-state index contributed by atoms with van der Waals surface area (Å²) < 4.78 is 4.59. The fourth-order valence-corrected chi connectivity index (χ4v) is 1.22. The molecule has 16 heavy (non-hydrogen) atoms. The number of halogens is 1. The summed E-state index contributed by atoms with van der Waals surface area (Å²) in [7, 11) is 1.34. The van der Waals surface area contributed by atoms with E-state index in [0.717, 1.165) is 12.1 Å². The minimum atomic E-state index is -0.415. The molecule has 1 heterocycles. The number of carbonyl (C=O) groups is 1. The lowest BCUT2D eigenvalue weighted by atomic mass is 10.1. The van der Waals surface area contributed by atoms with E-state index in [2.05, 4.69) is 9.72 Å². The van der Waals surface area contributed by atoms with Gasteiger partial charge in [0, 0.05) is 18.2 Å². The molecular formula is C11H17ClN2O2. The SMILES string of the molecule is CCC(N)Cc1cccc(C(=O)OC)n1.Cl. The zero-order valence-corrected chi connectivity index (χ0v) is 10.3. The molecule has 2 N–H and O–H groups in total. The summed E-state index contributed by atoms with van der Waals surface area (Å²) in [5, 5.41) is 0. The molecule has 0 aliphatic heterocycles. The highest BCUT2D eigenvalue weighted by molar-refractivity contribution is 5.87. The molecule has 90 valence electrons. The topological polar surface area (TPSA) is 65.2 Å². The molecule has 1 aromatic heterocycles. The fourth-order valence-electron chi connectivity index (χ4n) is 1.22. The molecule has 1 atom stereocenters. The van der Waals surface area contributed by atoms with Gasteiger partial charge in [-0.25, -0.2) is 9.78 Å². The highest BCUT2D eigenvalue weighted by atomic mass is 35.5. The van der Waals surface area contributed by atoms with E-state index in [4.69, 9.17) is 5.73 Å². The molecule has 1 aromatic rings. The van der Waals surface area contributed by atoms with Crippen molar-refractivity contribution in [3.05, 3.63) is 29.6 Å². The number of rotatable bonds is 4. The molecular weight excluding hydrogens is 228 g/mol. The summed E-state index contributed by atoms with van der Waals surface area (Å²) in [6.45, 7) is 2.02. The number of esters is 1. The minimum Gasteiger partial charge on any atom is -0.464 e. The first kappa shape index (κ1) is 14.9. The number of carbonyl (C=O) groups excluding carboxylic acids is 1. The molecule has 0 saturated carbocycles. The van der Waals surface area contributed by atoms with Gasteiger partial charge in [0.2, 0.25) is 0 Å². The zero-order valence-electron chi connectivity index (χ0n) is 9.47. The van der Waals surface area contributed by atoms with E-state index >= 15 is 0 Å². The van der Waals surface area contributed by atoms with Crippen molar-refractivity contribution in [2.45, 2.75) is 25.8 Å². The molecule has 0 fully saturated rings. The van der Waals surface area contributed by atoms with Crippen molar-refractivity contribution in [2.75, 3.05) is 7.11 Å². The Morgan fingerprint density at radius 1 is 1.56 bits per heavy atom. The summed E-state index contributed by atoms with van der Waals surface area (Å²) in [6, 6.07) is 5.37. The fraction of sp³-hybridized carbons (Fsp3) is 0.455. The van der Waals surface area contributed by atoms with Crippen LogP contribution in [0.15, 0.2) is 18.2 Å². The number of methoxy groups -OCH3 is 1. The molecule has 5 heteroatoms. The molecule has 0 saturated heterocycles. The van der Waals surface area contributed by atoms with Gasteiger partial charge in [-0.1, -0.05) is 13.0 Å². The lowest BCUT2D eigenvalue weighted by molar-refractivity contribution is 0.0593. The van der Waals surface area contributed by atoms with Crippen LogP contribution in [0.1, 0.15) is 29.5 Å². The molecule has 0 aromatic carbocycles. The monoisotopic (exact) mass is 244 g/mol. The van der Waals surface area contributed by atoms with E-state index in [1.807, 2.05) is 13.0 Å². The maximum absolute atomic E-state index is 11.2. The van der Waals surface area contributed by atoms with Gasteiger partial charge in [0.05, 0.1) is 7.11 Å². The molecule has 0 aliphatic rings. The Hall–Kier alpha value is -1.13. The van der Waals surface area contributed by atoms with Crippen LogP contribution in [0.5, 0.6) is 0 Å². The predicted octanol–water partition coefficient (Wildman–Crippen LogP) is 1.57. The quantitative estimate of drug-likeness (QED) is 0.817. The molecule has 0 amide bonds. The van der Waals surface area contributed by atoms with Gasteiger partial charge in [0.1, 0.15) is 5.69 Å². The van der Waals surface area contributed by atoms with Gasteiger partial charge < -0.3 is 10.5 Å². The van der Waals surface area contributed by atoms with Crippen molar-refractivity contribution < 1.29 is 9.53 Å². The van der Waals surface area contributed by atoms with Crippen molar-refractivity contribution in [1.29, 1.82) is 0 Å². The normalized spacial score (nSPS) is 11.4. The third kappa shape index (κ3) is 4.16. The minimum absolute atomic E-state index is 0. The Labute approximate surface area is 102 Å². The van der Waals surface area contributed by atoms with E-state index in [1.165, 1.54) is 7.11 Å². The van der Waals surface area contributed by atoms with Crippen molar-refractivity contribution in [3.8, 4) is 0 Å². The average Bonchev–Trinajstić information content (AvgIpc) is 2.28. The second-order valence-electron chi connectivity index (χ2n) is 3.38. The number of nitrogens with two attached hydrogens (primary N) is 1. The van der Waals surface area contributed by atoms with Gasteiger partial charge in [-0.3, -0.25) is 0 Å². The number of aromatic nitrogens is 1. The summed E-state index contributed by atoms with van der Waals surface area (Å²) in [6.07, 6.45) is 1.57. The molecule has 4 nitrogen and oxygen atoms in total. The van der Waals surface area contributed by atoms with E-state index < -0.39 is 5.97 Å². The predicted molar refractivity (Wildman–Crippen MR) is 64.8 cm³/mol. The van der Waals surface area contributed by atoms with Crippen LogP contribution in [0.4, 0.5) is 0 Å². The molecule has 1 unspecified atom stereocenters.